The van der Waals surface area contributed by atoms with Crippen molar-refractivity contribution < 1.29 is 19.4 Å². The van der Waals surface area contributed by atoms with Gasteiger partial charge in [-0.05, 0) is 23.8 Å². The number of carboxylic acid groups (broad SMARTS) is 1. The maximum atomic E-state index is 10.8. The van der Waals surface area contributed by atoms with Crippen molar-refractivity contribution >= 4 is 5.97 Å². The molecule has 5 heteroatoms. The van der Waals surface area contributed by atoms with E-state index >= 15 is 0 Å². The first kappa shape index (κ1) is 12.9. The fraction of sp³-hybridized carbons (Fsp3) is 0.143. The number of aromatic carboxylic acids is 1. The number of rotatable bonds is 5. The first-order chi connectivity index (χ1) is 9.19. The number of pyridine rings is 1. The molecule has 0 fully saturated rings. The van der Waals surface area contributed by atoms with E-state index in [0.29, 0.717) is 12.4 Å². The van der Waals surface area contributed by atoms with E-state index in [1.165, 1.54) is 18.5 Å². The van der Waals surface area contributed by atoms with Crippen LogP contribution in [0.2, 0.25) is 0 Å². The number of aromatic nitrogens is 1. The summed E-state index contributed by atoms with van der Waals surface area (Å²) in [6, 6.07) is 8.88. The highest BCUT2D eigenvalue weighted by Gasteiger charge is 2.05. The van der Waals surface area contributed by atoms with E-state index in [1.54, 1.807) is 7.11 Å². The third-order valence-electron chi connectivity index (χ3n) is 2.52. The number of carbonyl (C=O) groups is 1. The number of methoxy groups -OCH3 is 1. The van der Waals surface area contributed by atoms with Crippen LogP contribution in [0.1, 0.15) is 15.9 Å². The minimum absolute atomic E-state index is 0.104. The Hall–Kier alpha value is -2.56. The van der Waals surface area contributed by atoms with Gasteiger partial charge in [-0.15, -0.1) is 0 Å². The number of nitrogens with zero attached hydrogens (tertiary/aromatic N) is 1. The van der Waals surface area contributed by atoms with Crippen molar-refractivity contribution in [2.45, 2.75) is 6.61 Å². The van der Waals surface area contributed by atoms with Crippen LogP contribution in [0.25, 0.3) is 0 Å². The first-order valence-corrected chi connectivity index (χ1v) is 5.63. The van der Waals surface area contributed by atoms with Crippen LogP contribution in [0.5, 0.6) is 11.5 Å². The summed E-state index contributed by atoms with van der Waals surface area (Å²) in [6.45, 7) is 0.342. The van der Waals surface area contributed by atoms with Gasteiger partial charge in [0.1, 0.15) is 18.1 Å². The summed E-state index contributed by atoms with van der Waals surface area (Å²) >= 11 is 0. The molecule has 1 N–H and O–H groups in total. The predicted octanol–water partition coefficient (Wildman–Crippen LogP) is 2.37. The molecule has 0 saturated heterocycles. The lowest BCUT2D eigenvalue weighted by Gasteiger charge is -2.07. The molecule has 0 aliphatic heterocycles. The highest BCUT2D eigenvalue weighted by Crippen LogP contribution is 2.15. The van der Waals surface area contributed by atoms with Crippen LogP contribution in [0.4, 0.5) is 0 Å². The molecule has 1 aromatic carbocycles. The van der Waals surface area contributed by atoms with Gasteiger partial charge in [-0.3, -0.25) is 4.98 Å². The van der Waals surface area contributed by atoms with E-state index in [4.69, 9.17) is 14.6 Å². The second-order valence-corrected chi connectivity index (χ2v) is 3.85. The molecule has 5 nitrogen and oxygen atoms in total. The molecule has 0 amide bonds. The number of ether oxygens (including phenoxy) is 2. The number of hydrogen-bond acceptors (Lipinski definition) is 4. The van der Waals surface area contributed by atoms with Crippen molar-refractivity contribution in [1.82, 2.24) is 4.98 Å². The minimum Gasteiger partial charge on any atom is -0.497 e. The Morgan fingerprint density at radius 2 is 1.95 bits per heavy atom. The second kappa shape index (κ2) is 5.86. The van der Waals surface area contributed by atoms with E-state index in [1.807, 2.05) is 24.3 Å². The van der Waals surface area contributed by atoms with Crippen molar-refractivity contribution in [2.24, 2.45) is 0 Å². The highest BCUT2D eigenvalue weighted by atomic mass is 16.5. The second-order valence-electron chi connectivity index (χ2n) is 3.85. The monoisotopic (exact) mass is 259 g/mol. The maximum Gasteiger partial charge on any atom is 0.337 e. The topological polar surface area (TPSA) is 68.7 Å². The Bertz CT molecular complexity index is 566. The van der Waals surface area contributed by atoms with Crippen molar-refractivity contribution in [3.05, 3.63) is 53.9 Å². The molecular weight excluding hydrogens is 246 g/mol. The smallest absolute Gasteiger partial charge is 0.337 e. The summed E-state index contributed by atoms with van der Waals surface area (Å²) in [5.74, 6) is 0.177. The molecule has 0 unspecified atom stereocenters. The first-order valence-electron chi connectivity index (χ1n) is 5.63. The predicted molar refractivity (Wildman–Crippen MR) is 68.5 cm³/mol. The van der Waals surface area contributed by atoms with Crippen LogP contribution in [0.15, 0.2) is 42.7 Å². The van der Waals surface area contributed by atoms with E-state index in [-0.39, 0.29) is 5.56 Å². The van der Waals surface area contributed by atoms with Gasteiger partial charge in [-0.1, -0.05) is 12.1 Å². The summed E-state index contributed by atoms with van der Waals surface area (Å²) in [5, 5.41) is 8.84. The van der Waals surface area contributed by atoms with Crippen LogP contribution in [0, 0.1) is 0 Å². The molecule has 0 atom stereocenters. The summed E-state index contributed by atoms with van der Waals surface area (Å²) in [7, 11) is 1.61. The van der Waals surface area contributed by atoms with Crippen LogP contribution in [-0.2, 0) is 6.61 Å². The molecule has 1 heterocycles. The lowest BCUT2D eigenvalue weighted by Crippen LogP contribution is -2.00. The Morgan fingerprint density at radius 3 is 2.58 bits per heavy atom. The van der Waals surface area contributed by atoms with Gasteiger partial charge in [0, 0.05) is 6.20 Å². The van der Waals surface area contributed by atoms with Gasteiger partial charge in [0.25, 0.3) is 0 Å². The molecule has 2 rings (SSSR count). The molecule has 0 spiro atoms. The molecule has 0 aliphatic rings. The van der Waals surface area contributed by atoms with Gasteiger partial charge in [-0.25, -0.2) is 4.79 Å². The zero-order valence-corrected chi connectivity index (χ0v) is 10.4. The summed E-state index contributed by atoms with van der Waals surface area (Å²) < 4.78 is 10.5. The molecule has 1 aromatic heterocycles. The average molecular weight is 259 g/mol. The van der Waals surface area contributed by atoms with Gasteiger partial charge >= 0.3 is 5.97 Å². The normalized spacial score (nSPS) is 9.95. The van der Waals surface area contributed by atoms with E-state index in [0.717, 1.165) is 11.3 Å². The zero-order chi connectivity index (χ0) is 13.7. The standard InChI is InChI=1S/C14H13NO4/c1-18-12-4-2-10(3-5-12)9-19-13-6-11(14(16)17)7-15-8-13/h2-8H,9H2,1H3,(H,16,17). The molecule has 19 heavy (non-hydrogen) atoms. The Kier molecular flexibility index (Phi) is 3.97. The summed E-state index contributed by atoms with van der Waals surface area (Å²) in [5.41, 5.74) is 1.06. The quantitative estimate of drug-likeness (QED) is 0.892. The van der Waals surface area contributed by atoms with E-state index < -0.39 is 5.97 Å². The van der Waals surface area contributed by atoms with Gasteiger partial charge in [0.15, 0.2) is 0 Å². The van der Waals surface area contributed by atoms with Crippen molar-refractivity contribution in [2.75, 3.05) is 7.11 Å². The fourth-order valence-corrected chi connectivity index (χ4v) is 1.50. The molecule has 0 saturated carbocycles. The van der Waals surface area contributed by atoms with Crippen molar-refractivity contribution in [3.8, 4) is 11.5 Å². The number of hydrogen-bond donors (Lipinski definition) is 1. The van der Waals surface area contributed by atoms with E-state index in [9.17, 15) is 4.79 Å². The lowest BCUT2D eigenvalue weighted by atomic mass is 10.2. The van der Waals surface area contributed by atoms with Gasteiger partial charge < -0.3 is 14.6 Å². The Morgan fingerprint density at radius 1 is 1.21 bits per heavy atom. The Labute approximate surface area is 110 Å². The van der Waals surface area contributed by atoms with Crippen LogP contribution in [-0.4, -0.2) is 23.2 Å². The fourth-order valence-electron chi connectivity index (χ4n) is 1.50. The highest BCUT2D eigenvalue weighted by molar-refractivity contribution is 5.87. The SMILES string of the molecule is COc1ccc(COc2cncc(C(=O)O)c2)cc1. The molecule has 2 aromatic rings. The Balaban J connectivity index is 2.01. The minimum atomic E-state index is -1.03. The summed E-state index contributed by atoms with van der Waals surface area (Å²) in [6.07, 6.45) is 2.76. The molecule has 0 radical (unpaired) electrons. The van der Waals surface area contributed by atoms with Crippen LogP contribution < -0.4 is 9.47 Å². The van der Waals surface area contributed by atoms with Crippen molar-refractivity contribution in [3.63, 3.8) is 0 Å². The molecule has 0 bridgehead atoms. The lowest BCUT2D eigenvalue weighted by molar-refractivity contribution is 0.0696. The van der Waals surface area contributed by atoms with Crippen LogP contribution >= 0.6 is 0 Å². The summed E-state index contributed by atoms with van der Waals surface area (Å²) in [4.78, 5) is 14.6. The van der Waals surface area contributed by atoms with Gasteiger partial charge in [-0.2, -0.15) is 0 Å². The van der Waals surface area contributed by atoms with Crippen LogP contribution in [0.3, 0.4) is 0 Å². The number of benzene rings is 1. The third-order valence-corrected chi connectivity index (χ3v) is 2.52. The largest absolute Gasteiger partial charge is 0.497 e. The van der Waals surface area contributed by atoms with Crippen molar-refractivity contribution in [1.29, 1.82) is 0 Å². The van der Waals surface area contributed by atoms with Gasteiger partial charge in [0.05, 0.1) is 18.9 Å². The third kappa shape index (κ3) is 3.45. The molecular formula is C14H13NO4. The number of carboxylic acids is 1. The zero-order valence-electron chi connectivity index (χ0n) is 10.4. The maximum absolute atomic E-state index is 10.8. The molecule has 0 aliphatic carbocycles. The van der Waals surface area contributed by atoms with Gasteiger partial charge in [0.2, 0.25) is 0 Å². The average Bonchev–Trinajstić information content (AvgIpc) is 2.46. The molecule has 98 valence electrons. The van der Waals surface area contributed by atoms with E-state index in [2.05, 4.69) is 4.98 Å².